The van der Waals surface area contributed by atoms with Crippen LogP contribution in [-0.4, -0.2) is 39.5 Å². The van der Waals surface area contributed by atoms with Crippen molar-refractivity contribution in [2.24, 2.45) is 0 Å². The molecule has 1 saturated heterocycles. The van der Waals surface area contributed by atoms with Gasteiger partial charge in [0, 0.05) is 38.1 Å². The molecule has 5 nitrogen and oxygen atoms in total. The second-order valence-corrected chi connectivity index (χ2v) is 7.70. The largest absolute Gasteiger partial charge is 0.372 e. The van der Waals surface area contributed by atoms with Crippen molar-refractivity contribution < 1.29 is 8.42 Å². The molecule has 0 N–H and O–H groups in total. The average Bonchev–Trinajstić information content (AvgIpc) is 2.68. The number of piperazine rings is 1. The van der Waals surface area contributed by atoms with Gasteiger partial charge < -0.3 is 9.80 Å². The molecule has 0 amide bonds. The van der Waals surface area contributed by atoms with Gasteiger partial charge in [0.2, 0.25) is 9.84 Å². The van der Waals surface area contributed by atoms with Gasteiger partial charge in [-0.2, -0.15) is 5.26 Å². The summed E-state index contributed by atoms with van der Waals surface area (Å²) in [6.45, 7) is 2.91. The molecule has 0 spiro atoms. The van der Waals surface area contributed by atoms with Crippen LogP contribution in [0.3, 0.4) is 0 Å². The van der Waals surface area contributed by atoms with Crippen molar-refractivity contribution in [3.63, 3.8) is 0 Å². The Hall–Kier alpha value is -2.78. The van der Waals surface area contributed by atoms with Gasteiger partial charge in [-0.1, -0.05) is 36.4 Å². The molecular weight excluding hydrogens is 334 g/mol. The minimum atomic E-state index is -3.77. The molecule has 1 aliphatic rings. The molecule has 128 valence electrons. The predicted molar refractivity (Wildman–Crippen MR) is 97.6 cm³/mol. The van der Waals surface area contributed by atoms with Crippen molar-refractivity contribution in [3.05, 3.63) is 71.8 Å². The van der Waals surface area contributed by atoms with E-state index in [0.29, 0.717) is 13.1 Å². The van der Waals surface area contributed by atoms with E-state index in [1.165, 1.54) is 18.3 Å². The van der Waals surface area contributed by atoms with E-state index < -0.39 is 9.84 Å². The summed E-state index contributed by atoms with van der Waals surface area (Å²) in [6, 6.07) is 20.0. The summed E-state index contributed by atoms with van der Waals surface area (Å²) in [4.78, 5) is 4.08. The minimum Gasteiger partial charge on any atom is -0.372 e. The molecule has 0 atom stereocenters. The van der Waals surface area contributed by atoms with E-state index in [1.54, 1.807) is 18.2 Å². The standard InChI is InChI=1S/C19H19N3O2S/c20-15-19(25(23,24)18-9-5-2-6-10-18)16-21-11-13-22(14-12-21)17-7-3-1-4-8-17/h1-10,16H,11-14H2. The zero-order valence-electron chi connectivity index (χ0n) is 13.7. The van der Waals surface area contributed by atoms with E-state index in [0.717, 1.165) is 18.8 Å². The minimum absolute atomic E-state index is 0.144. The second-order valence-electron chi connectivity index (χ2n) is 5.78. The highest BCUT2D eigenvalue weighted by molar-refractivity contribution is 7.95. The molecule has 6 heteroatoms. The zero-order chi connectivity index (χ0) is 17.7. The number of para-hydroxylation sites is 1. The molecule has 0 aromatic heterocycles. The Morgan fingerprint density at radius 1 is 0.920 bits per heavy atom. The summed E-state index contributed by atoms with van der Waals surface area (Å²) in [7, 11) is -3.77. The fourth-order valence-corrected chi connectivity index (χ4v) is 3.98. The van der Waals surface area contributed by atoms with Crippen LogP contribution in [0.25, 0.3) is 0 Å². The maximum Gasteiger partial charge on any atom is 0.218 e. The predicted octanol–water partition coefficient (Wildman–Crippen LogP) is 2.65. The van der Waals surface area contributed by atoms with Crippen molar-refractivity contribution in [3.8, 4) is 6.07 Å². The zero-order valence-corrected chi connectivity index (χ0v) is 14.6. The fraction of sp³-hybridized carbons (Fsp3) is 0.211. The van der Waals surface area contributed by atoms with Crippen molar-refractivity contribution in [1.82, 2.24) is 4.90 Å². The van der Waals surface area contributed by atoms with Crippen LogP contribution >= 0.6 is 0 Å². The van der Waals surface area contributed by atoms with Crippen LogP contribution in [0.2, 0.25) is 0 Å². The number of nitriles is 1. The van der Waals surface area contributed by atoms with Crippen molar-refractivity contribution >= 4 is 15.5 Å². The SMILES string of the molecule is N#CC(=CN1CCN(c2ccccc2)CC1)S(=O)(=O)c1ccccc1. The van der Waals surface area contributed by atoms with E-state index in [1.807, 2.05) is 29.2 Å². The Balaban J connectivity index is 1.73. The molecule has 2 aromatic carbocycles. The van der Waals surface area contributed by atoms with Gasteiger partial charge >= 0.3 is 0 Å². The Bertz CT molecular complexity index is 879. The number of hydrogen-bond donors (Lipinski definition) is 0. The van der Waals surface area contributed by atoms with Crippen molar-refractivity contribution in [1.29, 1.82) is 5.26 Å². The quantitative estimate of drug-likeness (QED) is 0.791. The summed E-state index contributed by atoms with van der Waals surface area (Å²) in [6.07, 6.45) is 1.48. The lowest BCUT2D eigenvalue weighted by Gasteiger charge is -2.35. The van der Waals surface area contributed by atoms with Crippen LogP contribution in [0.15, 0.2) is 76.7 Å². The number of rotatable bonds is 4. The third kappa shape index (κ3) is 3.83. The Morgan fingerprint density at radius 3 is 2.04 bits per heavy atom. The first-order chi connectivity index (χ1) is 12.1. The summed E-state index contributed by atoms with van der Waals surface area (Å²) < 4.78 is 25.2. The molecule has 25 heavy (non-hydrogen) atoms. The Morgan fingerprint density at radius 2 is 1.48 bits per heavy atom. The second kappa shape index (κ2) is 7.41. The van der Waals surface area contributed by atoms with Gasteiger partial charge in [0.05, 0.1) is 4.90 Å². The number of anilines is 1. The summed E-state index contributed by atoms with van der Waals surface area (Å²) >= 11 is 0. The third-order valence-electron chi connectivity index (χ3n) is 4.19. The van der Waals surface area contributed by atoms with Crippen LogP contribution in [0, 0.1) is 11.3 Å². The van der Waals surface area contributed by atoms with Gasteiger partial charge in [-0.05, 0) is 24.3 Å². The van der Waals surface area contributed by atoms with Gasteiger partial charge in [-0.25, -0.2) is 8.42 Å². The van der Waals surface area contributed by atoms with Crippen molar-refractivity contribution in [2.45, 2.75) is 4.90 Å². The van der Waals surface area contributed by atoms with Crippen LogP contribution in [0.5, 0.6) is 0 Å². The smallest absolute Gasteiger partial charge is 0.218 e. The van der Waals surface area contributed by atoms with Crippen LogP contribution < -0.4 is 4.90 Å². The average molecular weight is 353 g/mol. The Labute approximate surface area is 148 Å². The first kappa shape index (κ1) is 17.1. The molecule has 0 aliphatic carbocycles. The molecule has 2 aromatic rings. The first-order valence-electron chi connectivity index (χ1n) is 8.07. The normalized spacial score (nSPS) is 15.7. The molecule has 0 bridgehead atoms. The highest BCUT2D eigenvalue weighted by Gasteiger charge is 2.23. The number of benzene rings is 2. The summed E-state index contributed by atoms with van der Waals surface area (Å²) in [5.74, 6) is 0. The molecule has 1 aliphatic heterocycles. The van der Waals surface area contributed by atoms with Gasteiger partial charge in [-0.15, -0.1) is 0 Å². The Kier molecular flexibility index (Phi) is 5.05. The molecule has 0 saturated carbocycles. The fourth-order valence-electron chi connectivity index (χ4n) is 2.80. The van der Waals surface area contributed by atoms with E-state index in [-0.39, 0.29) is 9.80 Å². The monoisotopic (exact) mass is 353 g/mol. The molecule has 1 fully saturated rings. The molecule has 1 heterocycles. The topological polar surface area (TPSA) is 64.4 Å². The van der Waals surface area contributed by atoms with Gasteiger partial charge in [0.1, 0.15) is 6.07 Å². The van der Waals surface area contributed by atoms with Gasteiger partial charge in [0.15, 0.2) is 4.91 Å². The van der Waals surface area contributed by atoms with Crippen molar-refractivity contribution in [2.75, 3.05) is 31.1 Å². The third-order valence-corrected chi connectivity index (χ3v) is 5.86. The summed E-state index contributed by atoms with van der Waals surface area (Å²) in [5.41, 5.74) is 1.16. The van der Waals surface area contributed by atoms with Crippen LogP contribution in [-0.2, 0) is 9.84 Å². The molecule has 0 radical (unpaired) electrons. The molecular formula is C19H19N3O2S. The molecule has 0 unspecified atom stereocenters. The highest BCUT2D eigenvalue weighted by atomic mass is 32.2. The van der Waals surface area contributed by atoms with E-state index >= 15 is 0 Å². The number of sulfone groups is 1. The lowest BCUT2D eigenvalue weighted by Crippen LogP contribution is -2.44. The van der Waals surface area contributed by atoms with E-state index in [2.05, 4.69) is 17.0 Å². The maximum atomic E-state index is 12.6. The lowest BCUT2D eigenvalue weighted by molar-refractivity contribution is 0.348. The first-order valence-corrected chi connectivity index (χ1v) is 9.56. The maximum absolute atomic E-state index is 12.6. The van der Waals surface area contributed by atoms with Crippen LogP contribution in [0.1, 0.15) is 0 Å². The summed E-state index contributed by atoms with van der Waals surface area (Å²) in [5, 5.41) is 9.35. The van der Waals surface area contributed by atoms with Crippen LogP contribution in [0.4, 0.5) is 5.69 Å². The van der Waals surface area contributed by atoms with Gasteiger partial charge in [-0.3, -0.25) is 0 Å². The van der Waals surface area contributed by atoms with E-state index in [4.69, 9.17) is 0 Å². The highest BCUT2D eigenvalue weighted by Crippen LogP contribution is 2.20. The number of hydrogen-bond acceptors (Lipinski definition) is 5. The van der Waals surface area contributed by atoms with Gasteiger partial charge in [0.25, 0.3) is 0 Å². The number of allylic oxidation sites excluding steroid dienone is 1. The van der Waals surface area contributed by atoms with E-state index in [9.17, 15) is 13.7 Å². The molecule has 3 rings (SSSR count). The lowest BCUT2D eigenvalue weighted by atomic mass is 10.2. The number of nitrogens with zero attached hydrogens (tertiary/aromatic N) is 3.